The molecule has 27 heavy (non-hydrogen) atoms. The number of amides is 4. The van der Waals surface area contributed by atoms with Crippen molar-refractivity contribution < 1.29 is 14.4 Å². The van der Waals surface area contributed by atoms with Crippen LogP contribution in [-0.2, 0) is 9.59 Å². The van der Waals surface area contributed by atoms with Crippen LogP contribution < -0.4 is 10.6 Å². The highest BCUT2D eigenvalue weighted by Crippen LogP contribution is 2.38. The fourth-order valence-electron chi connectivity index (χ4n) is 4.14. The predicted molar refractivity (Wildman–Crippen MR) is 106 cm³/mol. The fraction of sp³-hybridized carbons (Fsp3) is 0.550. The second kappa shape index (κ2) is 8.00. The van der Waals surface area contributed by atoms with E-state index in [2.05, 4.69) is 26.6 Å². The van der Waals surface area contributed by atoms with E-state index in [1.807, 2.05) is 38.1 Å². The third-order valence-electron chi connectivity index (χ3n) is 5.82. The molecule has 2 fully saturated rings. The Morgan fingerprint density at radius 3 is 2.67 bits per heavy atom. The first kappa shape index (κ1) is 19.9. The summed E-state index contributed by atoms with van der Waals surface area (Å²) in [7, 11) is 0. The van der Waals surface area contributed by atoms with E-state index in [1.165, 1.54) is 0 Å². The molecule has 1 aliphatic heterocycles. The van der Waals surface area contributed by atoms with Gasteiger partial charge < -0.3 is 10.6 Å². The first-order valence-electron chi connectivity index (χ1n) is 9.56. The molecule has 4 amide bonds. The molecule has 3 rings (SSSR count). The summed E-state index contributed by atoms with van der Waals surface area (Å²) in [5, 5.41) is 5.83. The maximum atomic E-state index is 13.0. The number of hydrogen-bond donors (Lipinski definition) is 2. The van der Waals surface area contributed by atoms with Crippen LogP contribution in [0, 0.1) is 5.92 Å². The molecular formula is C20H26BrN3O3. The van der Waals surface area contributed by atoms with Crippen LogP contribution >= 0.6 is 15.9 Å². The zero-order valence-corrected chi connectivity index (χ0v) is 17.3. The summed E-state index contributed by atoms with van der Waals surface area (Å²) in [6.07, 6.45) is 4.26. The second-order valence-corrected chi connectivity index (χ2v) is 8.44. The molecule has 1 aliphatic carbocycles. The topological polar surface area (TPSA) is 78.5 Å². The fourth-order valence-corrected chi connectivity index (χ4v) is 4.40. The van der Waals surface area contributed by atoms with Crippen LogP contribution in [0.15, 0.2) is 28.7 Å². The number of rotatable bonds is 5. The zero-order chi connectivity index (χ0) is 19.6. The van der Waals surface area contributed by atoms with Gasteiger partial charge in [-0.05, 0) is 42.9 Å². The van der Waals surface area contributed by atoms with Crippen molar-refractivity contribution in [1.29, 1.82) is 0 Å². The van der Waals surface area contributed by atoms with Crippen molar-refractivity contribution in [2.45, 2.75) is 57.5 Å². The summed E-state index contributed by atoms with van der Waals surface area (Å²) in [6, 6.07) is 7.14. The number of carbonyl (C=O) groups excluding carboxylic acids is 3. The van der Waals surface area contributed by atoms with Crippen molar-refractivity contribution in [1.82, 2.24) is 15.5 Å². The number of nitrogens with one attached hydrogen (secondary N) is 2. The Balaban J connectivity index is 1.67. The van der Waals surface area contributed by atoms with Gasteiger partial charge in [0.2, 0.25) is 5.91 Å². The first-order chi connectivity index (χ1) is 12.9. The van der Waals surface area contributed by atoms with Crippen molar-refractivity contribution in [3.05, 3.63) is 34.3 Å². The number of benzene rings is 1. The lowest BCUT2D eigenvalue weighted by Gasteiger charge is -2.36. The van der Waals surface area contributed by atoms with Crippen molar-refractivity contribution in [3.8, 4) is 0 Å². The van der Waals surface area contributed by atoms with E-state index < -0.39 is 11.6 Å². The van der Waals surface area contributed by atoms with Gasteiger partial charge in [0.15, 0.2) is 0 Å². The molecule has 7 heteroatoms. The van der Waals surface area contributed by atoms with Crippen molar-refractivity contribution in [3.63, 3.8) is 0 Å². The van der Waals surface area contributed by atoms with Gasteiger partial charge in [0.05, 0.1) is 6.04 Å². The lowest BCUT2D eigenvalue weighted by atomic mass is 9.73. The highest BCUT2D eigenvalue weighted by molar-refractivity contribution is 9.10. The van der Waals surface area contributed by atoms with Gasteiger partial charge in [-0.3, -0.25) is 14.5 Å². The monoisotopic (exact) mass is 435 g/mol. The molecule has 0 aromatic heterocycles. The number of nitrogens with zero attached hydrogens (tertiary/aromatic N) is 1. The van der Waals surface area contributed by atoms with Gasteiger partial charge in [-0.15, -0.1) is 0 Å². The number of halogens is 1. The Hall–Kier alpha value is -1.89. The molecule has 2 N–H and O–H groups in total. The number of imide groups is 1. The van der Waals surface area contributed by atoms with Crippen LogP contribution in [0.4, 0.5) is 4.79 Å². The molecule has 146 valence electrons. The molecule has 3 atom stereocenters. The molecule has 1 saturated carbocycles. The quantitative estimate of drug-likeness (QED) is 0.694. The van der Waals surface area contributed by atoms with Gasteiger partial charge in [-0.25, -0.2) is 4.79 Å². The summed E-state index contributed by atoms with van der Waals surface area (Å²) < 4.78 is 0.971. The zero-order valence-electron chi connectivity index (χ0n) is 15.8. The average Bonchev–Trinajstić information content (AvgIpc) is 2.88. The van der Waals surface area contributed by atoms with E-state index in [-0.39, 0.29) is 30.3 Å². The highest BCUT2D eigenvalue weighted by Gasteiger charge is 2.55. The Morgan fingerprint density at radius 2 is 2.04 bits per heavy atom. The molecule has 6 nitrogen and oxygen atoms in total. The minimum atomic E-state index is -0.828. The van der Waals surface area contributed by atoms with Gasteiger partial charge in [-0.2, -0.15) is 0 Å². The number of hydrogen-bond acceptors (Lipinski definition) is 3. The Morgan fingerprint density at radius 1 is 1.33 bits per heavy atom. The van der Waals surface area contributed by atoms with Crippen LogP contribution in [0.2, 0.25) is 0 Å². The largest absolute Gasteiger partial charge is 0.348 e. The smallest absolute Gasteiger partial charge is 0.325 e. The minimum Gasteiger partial charge on any atom is -0.348 e. The summed E-state index contributed by atoms with van der Waals surface area (Å²) in [6.45, 7) is 3.74. The molecule has 0 radical (unpaired) electrons. The lowest BCUT2D eigenvalue weighted by molar-refractivity contribution is -0.137. The van der Waals surface area contributed by atoms with Crippen molar-refractivity contribution >= 4 is 33.8 Å². The van der Waals surface area contributed by atoms with E-state index in [0.29, 0.717) is 12.8 Å². The van der Waals surface area contributed by atoms with Crippen LogP contribution in [-0.4, -0.2) is 34.8 Å². The molecule has 1 saturated heterocycles. The van der Waals surface area contributed by atoms with E-state index in [4.69, 9.17) is 0 Å². The predicted octanol–water partition coefficient (Wildman–Crippen LogP) is 3.52. The van der Waals surface area contributed by atoms with E-state index in [9.17, 15) is 14.4 Å². The van der Waals surface area contributed by atoms with Gasteiger partial charge in [0, 0.05) is 4.47 Å². The van der Waals surface area contributed by atoms with Crippen LogP contribution in [0.25, 0.3) is 0 Å². The summed E-state index contributed by atoms with van der Waals surface area (Å²) >= 11 is 3.40. The lowest BCUT2D eigenvalue weighted by Crippen LogP contribution is -2.54. The second-order valence-electron chi connectivity index (χ2n) is 7.52. The molecular weight excluding hydrogens is 410 g/mol. The van der Waals surface area contributed by atoms with Gasteiger partial charge in [0.25, 0.3) is 5.91 Å². The molecule has 2 aliphatic rings. The number of urea groups is 1. The van der Waals surface area contributed by atoms with Crippen LogP contribution in [0.1, 0.15) is 57.6 Å². The van der Waals surface area contributed by atoms with Crippen molar-refractivity contribution in [2.24, 2.45) is 5.92 Å². The highest BCUT2D eigenvalue weighted by atomic mass is 79.9. The molecule has 1 aromatic carbocycles. The SMILES string of the molecule is CC[C@H](NC(=O)CN1C(=O)N[C@]2(CCCC[C@@H]2C)C1=O)c1ccc(Br)cc1. The Kier molecular flexibility index (Phi) is 5.89. The minimum absolute atomic E-state index is 0.0851. The molecule has 0 unspecified atom stereocenters. The summed E-state index contributed by atoms with van der Waals surface area (Å²) in [5.41, 5.74) is 0.162. The molecule has 1 aromatic rings. The molecule has 0 bridgehead atoms. The van der Waals surface area contributed by atoms with Gasteiger partial charge in [-0.1, -0.05) is 54.8 Å². The number of carbonyl (C=O) groups is 3. The van der Waals surface area contributed by atoms with Crippen LogP contribution in [0.5, 0.6) is 0 Å². The molecule has 1 spiro atoms. The van der Waals surface area contributed by atoms with Gasteiger partial charge in [0.1, 0.15) is 12.1 Å². The van der Waals surface area contributed by atoms with Crippen LogP contribution in [0.3, 0.4) is 0 Å². The third-order valence-corrected chi connectivity index (χ3v) is 6.35. The average molecular weight is 436 g/mol. The normalized spacial score (nSPS) is 26.2. The van der Waals surface area contributed by atoms with Gasteiger partial charge >= 0.3 is 6.03 Å². The maximum Gasteiger partial charge on any atom is 0.325 e. The standard InChI is InChI=1S/C20H26BrN3O3/c1-3-16(14-7-9-15(21)10-8-14)22-17(25)12-24-18(26)20(23-19(24)27)11-5-4-6-13(20)2/h7-10,13,16H,3-6,11-12H2,1-2H3,(H,22,25)(H,23,27)/t13-,16-,20-/m0/s1. The third kappa shape index (κ3) is 3.88. The molecule has 1 heterocycles. The Bertz CT molecular complexity index is 736. The Labute approximate surface area is 168 Å². The summed E-state index contributed by atoms with van der Waals surface area (Å²) in [4.78, 5) is 39.0. The summed E-state index contributed by atoms with van der Waals surface area (Å²) in [5.74, 6) is -0.498. The first-order valence-corrected chi connectivity index (χ1v) is 10.4. The maximum absolute atomic E-state index is 13.0. The van der Waals surface area contributed by atoms with Crippen molar-refractivity contribution in [2.75, 3.05) is 6.54 Å². The van der Waals surface area contributed by atoms with E-state index in [0.717, 1.165) is 34.2 Å². The van der Waals surface area contributed by atoms with E-state index in [1.54, 1.807) is 0 Å². The van der Waals surface area contributed by atoms with E-state index >= 15 is 0 Å².